The molecule has 0 spiro atoms. The number of aliphatic hydroxyl groups is 1. The first kappa shape index (κ1) is 21.5. The lowest BCUT2D eigenvalue weighted by atomic mass is 9.99. The highest BCUT2D eigenvalue weighted by Gasteiger charge is 2.27. The maximum absolute atomic E-state index is 14.0. The van der Waals surface area contributed by atoms with Crippen LogP contribution in [-0.2, 0) is 6.54 Å². The molecule has 5 heterocycles. The van der Waals surface area contributed by atoms with Gasteiger partial charge in [-0.05, 0) is 49.6 Å². The number of nitrogens with zero attached hydrogens (tertiary/aromatic N) is 4. The maximum atomic E-state index is 14.0. The Balaban J connectivity index is 1.32. The second-order valence-electron chi connectivity index (χ2n) is 9.07. The van der Waals surface area contributed by atoms with Crippen LogP contribution in [-0.4, -0.2) is 44.6 Å². The molecule has 3 aromatic heterocycles. The number of pyridine rings is 2. The molecule has 1 aromatic carbocycles. The van der Waals surface area contributed by atoms with Crippen LogP contribution in [0.3, 0.4) is 0 Å². The minimum absolute atomic E-state index is 0.149. The van der Waals surface area contributed by atoms with Crippen molar-refractivity contribution >= 4 is 28.7 Å². The highest BCUT2D eigenvalue weighted by molar-refractivity contribution is 6.06. The van der Waals surface area contributed by atoms with Gasteiger partial charge in [-0.25, -0.2) is 14.4 Å². The average molecular weight is 473 g/mol. The number of hydrogen-bond donors (Lipinski definition) is 3. The Morgan fingerprint density at radius 2 is 1.94 bits per heavy atom. The Morgan fingerprint density at radius 1 is 1.11 bits per heavy atom. The molecule has 9 heteroatoms. The van der Waals surface area contributed by atoms with Gasteiger partial charge in [0.15, 0.2) is 0 Å². The van der Waals surface area contributed by atoms with E-state index in [9.17, 15) is 14.3 Å². The molecule has 2 aliphatic heterocycles. The van der Waals surface area contributed by atoms with Gasteiger partial charge in [-0.15, -0.1) is 0 Å². The zero-order valence-corrected chi connectivity index (χ0v) is 19.3. The van der Waals surface area contributed by atoms with Crippen molar-refractivity contribution < 1.29 is 14.3 Å². The molecule has 178 valence electrons. The van der Waals surface area contributed by atoms with Gasteiger partial charge in [-0.1, -0.05) is 6.07 Å². The van der Waals surface area contributed by atoms with Crippen molar-refractivity contribution in [3.63, 3.8) is 0 Å². The Bertz CT molecular complexity index is 1440. The molecule has 0 bridgehead atoms. The van der Waals surface area contributed by atoms with E-state index in [1.165, 1.54) is 6.07 Å². The summed E-state index contributed by atoms with van der Waals surface area (Å²) in [5, 5.41) is 15.9. The van der Waals surface area contributed by atoms with Crippen LogP contribution in [0, 0.1) is 12.7 Å². The zero-order chi connectivity index (χ0) is 24.1. The summed E-state index contributed by atoms with van der Waals surface area (Å²) in [6.45, 7) is 3.72. The van der Waals surface area contributed by atoms with Gasteiger partial charge < -0.3 is 20.6 Å². The van der Waals surface area contributed by atoms with Gasteiger partial charge in [-0.3, -0.25) is 9.20 Å². The van der Waals surface area contributed by atoms with Gasteiger partial charge in [0.2, 0.25) is 0 Å². The van der Waals surface area contributed by atoms with Gasteiger partial charge in [-0.2, -0.15) is 0 Å². The van der Waals surface area contributed by atoms with Crippen molar-refractivity contribution in [1.29, 1.82) is 0 Å². The molecule has 0 radical (unpaired) electrons. The summed E-state index contributed by atoms with van der Waals surface area (Å²) in [6.07, 6.45) is 6.49. The number of hydrogen-bond acceptors (Lipinski definition) is 6. The normalized spacial score (nSPS) is 16.0. The number of halogens is 1. The van der Waals surface area contributed by atoms with Gasteiger partial charge in [0, 0.05) is 37.0 Å². The number of benzene rings is 1. The summed E-state index contributed by atoms with van der Waals surface area (Å²) < 4.78 is 15.9. The maximum Gasteiger partial charge on any atom is 0.254 e. The molecule has 1 saturated heterocycles. The molecule has 35 heavy (non-hydrogen) atoms. The molecule has 0 unspecified atom stereocenters. The van der Waals surface area contributed by atoms with E-state index >= 15 is 0 Å². The van der Waals surface area contributed by atoms with Crippen LogP contribution in [0.25, 0.3) is 16.9 Å². The number of imidazole rings is 1. The largest absolute Gasteiger partial charge is 0.393 e. The van der Waals surface area contributed by atoms with Crippen molar-refractivity contribution in [3.05, 3.63) is 71.4 Å². The minimum Gasteiger partial charge on any atom is -0.393 e. The summed E-state index contributed by atoms with van der Waals surface area (Å²) in [7, 11) is 0. The number of piperidine rings is 1. The number of anilines is 3. The number of carbonyl (C=O) groups is 1. The number of aromatic nitrogens is 3. The van der Waals surface area contributed by atoms with E-state index in [0.717, 1.165) is 48.4 Å². The number of carbonyl (C=O) groups excluding carboxylic acids is 1. The van der Waals surface area contributed by atoms with Gasteiger partial charge in [0.25, 0.3) is 5.91 Å². The highest BCUT2D eigenvalue weighted by atomic mass is 19.1. The molecule has 8 nitrogen and oxygen atoms in total. The lowest BCUT2D eigenvalue weighted by Gasteiger charge is -2.31. The van der Waals surface area contributed by atoms with Crippen LogP contribution in [0.4, 0.5) is 21.6 Å². The van der Waals surface area contributed by atoms with E-state index in [4.69, 9.17) is 0 Å². The van der Waals surface area contributed by atoms with Gasteiger partial charge >= 0.3 is 0 Å². The summed E-state index contributed by atoms with van der Waals surface area (Å²) in [5.74, 6) is 0.193. The standard InChI is InChI=1S/C26H25FN6O2/c1-15-20(27)8-11-33-22(14-29-25(15)33)18-3-4-21(24-19(18)13-30-26(24)35)31-23-5-2-16(12-28-23)32-9-6-17(34)7-10-32/h2-5,8,11-12,14,17,34H,6-7,9-10,13H2,1H3,(H,28,31)(H,30,35). The summed E-state index contributed by atoms with van der Waals surface area (Å²) in [5.41, 5.74) is 5.85. The summed E-state index contributed by atoms with van der Waals surface area (Å²) in [6, 6.07) is 9.15. The van der Waals surface area contributed by atoms with Crippen molar-refractivity contribution in [2.45, 2.75) is 32.4 Å². The van der Waals surface area contributed by atoms with E-state index < -0.39 is 0 Å². The van der Waals surface area contributed by atoms with Crippen LogP contribution in [0.2, 0.25) is 0 Å². The fourth-order valence-electron chi connectivity index (χ4n) is 4.96. The lowest BCUT2D eigenvalue weighted by molar-refractivity contribution is 0.0966. The number of fused-ring (bicyclic) bond motifs is 2. The Hall–Kier alpha value is -3.98. The predicted molar refractivity (Wildman–Crippen MR) is 131 cm³/mol. The van der Waals surface area contributed by atoms with E-state index in [2.05, 4.69) is 25.5 Å². The Labute approximate surface area is 201 Å². The highest BCUT2D eigenvalue weighted by Crippen LogP contribution is 2.36. The molecular weight excluding hydrogens is 447 g/mol. The van der Waals surface area contributed by atoms with Crippen LogP contribution in [0.1, 0.15) is 34.3 Å². The number of amides is 1. The van der Waals surface area contributed by atoms with Crippen molar-refractivity contribution in [2.75, 3.05) is 23.3 Å². The Kier molecular flexibility index (Phi) is 5.14. The first-order chi connectivity index (χ1) is 17.0. The molecule has 0 atom stereocenters. The average Bonchev–Trinajstić information content (AvgIpc) is 3.47. The Morgan fingerprint density at radius 3 is 2.71 bits per heavy atom. The van der Waals surface area contributed by atoms with Crippen molar-refractivity contribution in [1.82, 2.24) is 19.7 Å². The second kappa shape index (κ2) is 8.35. The second-order valence-corrected chi connectivity index (χ2v) is 9.07. The lowest BCUT2D eigenvalue weighted by Crippen LogP contribution is -2.35. The molecule has 6 rings (SSSR count). The molecule has 3 N–H and O–H groups in total. The first-order valence-electron chi connectivity index (χ1n) is 11.7. The van der Waals surface area contributed by atoms with Crippen molar-refractivity contribution in [3.8, 4) is 11.3 Å². The predicted octanol–water partition coefficient (Wildman–Crippen LogP) is 3.79. The number of nitrogens with one attached hydrogen (secondary N) is 2. The molecule has 0 saturated carbocycles. The van der Waals surface area contributed by atoms with E-state index in [0.29, 0.717) is 34.8 Å². The molecule has 0 aliphatic carbocycles. The summed E-state index contributed by atoms with van der Waals surface area (Å²) >= 11 is 0. The van der Waals surface area contributed by atoms with E-state index in [1.807, 2.05) is 34.9 Å². The third-order valence-electron chi connectivity index (χ3n) is 6.94. The number of rotatable bonds is 4. The SMILES string of the molecule is Cc1c(F)ccn2c(-c3ccc(Nc4ccc(N5CCC(O)CC5)cn4)c4c3CNC4=O)cnc12. The minimum atomic E-state index is -0.298. The topological polar surface area (TPSA) is 94.8 Å². The van der Waals surface area contributed by atoms with Crippen LogP contribution >= 0.6 is 0 Å². The molecule has 1 fully saturated rings. The summed E-state index contributed by atoms with van der Waals surface area (Å²) in [4.78, 5) is 24.0. The van der Waals surface area contributed by atoms with E-state index in [1.54, 1.807) is 19.3 Å². The third kappa shape index (κ3) is 3.68. The molecular formula is C26H25FN6O2. The van der Waals surface area contributed by atoms with E-state index in [-0.39, 0.29) is 17.8 Å². The fourth-order valence-corrected chi connectivity index (χ4v) is 4.96. The molecule has 1 amide bonds. The van der Waals surface area contributed by atoms with Crippen LogP contribution < -0.4 is 15.5 Å². The fraction of sp³-hybridized carbons (Fsp3) is 0.269. The zero-order valence-electron chi connectivity index (χ0n) is 19.3. The first-order valence-corrected chi connectivity index (χ1v) is 11.7. The quantitative estimate of drug-likeness (QED) is 0.418. The van der Waals surface area contributed by atoms with Crippen LogP contribution in [0.5, 0.6) is 0 Å². The number of aliphatic hydroxyl groups excluding tert-OH is 1. The van der Waals surface area contributed by atoms with Gasteiger partial charge in [0.1, 0.15) is 17.3 Å². The van der Waals surface area contributed by atoms with Crippen molar-refractivity contribution in [2.24, 2.45) is 0 Å². The molecule has 4 aromatic rings. The molecule has 2 aliphatic rings. The van der Waals surface area contributed by atoms with Gasteiger partial charge in [0.05, 0.1) is 41.1 Å². The smallest absolute Gasteiger partial charge is 0.254 e. The number of aryl methyl sites for hydroxylation is 1. The van der Waals surface area contributed by atoms with Crippen LogP contribution in [0.15, 0.2) is 48.9 Å². The third-order valence-corrected chi connectivity index (χ3v) is 6.94. The monoisotopic (exact) mass is 472 g/mol.